The number of hydrogen-bond donors (Lipinski definition) is 1. The van der Waals surface area contributed by atoms with Gasteiger partial charge >= 0.3 is 0 Å². The van der Waals surface area contributed by atoms with Crippen LogP contribution < -0.4 is 5.32 Å². The molecule has 0 saturated heterocycles. The molecular formula is C11H25NO4S2. The minimum atomic E-state index is -3.04. The molecule has 0 aromatic heterocycles. The Balaban J connectivity index is 4.25. The van der Waals surface area contributed by atoms with Crippen LogP contribution in [0, 0.1) is 0 Å². The minimum absolute atomic E-state index is 0.0686. The molecule has 5 nitrogen and oxygen atoms in total. The van der Waals surface area contributed by atoms with Gasteiger partial charge in [0, 0.05) is 18.1 Å². The molecule has 0 saturated carbocycles. The zero-order chi connectivity index (χ0) is 14.2. The lowest BCUT2D eigenvalue weighted by Gasteiger charge is -2.17. The summed E-state index contributed by atoms with van der Waals surface area (Å²) in [5, 5.41) is 3.16. The summed E-state index contributed by atoms with van der Waals surface area (Å²) >= 11 is 0. The van der Waals surface area contributed by atoms with Gasteiger partial charge in [-0.3, -0.25) is 0 Å². The fraction of sp³-hybridized carbons (Fsp3) is 1.00. The molecule has 0 aliphatic carbocycles. The highest BCUT2D eigenvalue weighted by atomic mass is 32.2. The molecule has 1 N–H and O–H groups in total. The number of sulfone groups is 2. The van der Waals surface area contributed by atoms with E-state index in [9.17, 15) is 16.8 Å². The molecule has 0 spiro atoms. The molecule has 0 amide bonds. The van der Waals surface area contributed by atoms with Crippen molar-refractivity contribution < 1.29 is 16.8 Å². The average molecular weight is 299 g/mol. The quantitative estimate of drug-likeness (QED) is 0.639. The second-order valence-corrected chi connectivity index (χ2v) is 9.28. The van der Waals surface area contributed by atoms with Crippen molar-refractivity contribution in [3.05, 3.63) is 0 Å². The second-order valence-electron chi connectivity index (χ2n) is 4.62. The van der Waals surface area contributed by atoms with Gasteiger partial charge < -0.3 is 5.32 Å². The van der Waals surface area contributed by atoms with Gasteiger partial charge in [0.2, 0.25) is 0 Å². The molecule has 18 heavy (non-hydrogen) atoms. The van der Waals surface area contributed by atoms with Crippen LogP contribution >= 0.6 is 0 Å². The standard InChI is InChI=1S/C11H25NO4S2/c1-4-8-12-11(10-17(3,13)14)7-6-9-18(15,16)5-2/h11-12H,4-10H2,1-3H3. The predicted octanol–water partition coefficient (Wildman–Crippen LogP) is 0.614. The van der Waals surface area contributed by atoms with Crippen LogP contribution in [0.15, 0.2) is 0 Å². The summed E-state index contributed by atoms with van der Waals surface area (Å²) in [5.41, 5.74) is 0. The maximum Gasteiger partial charge on any atom is 0.150 e. The normalized spacial score (nSPS) is 14.6. The summed E-state index contributed by atoms with van der Waals surface area (Å²) in [4.78, 5) is 0. The van der Waals surface area contributed by atoms with Gasteiger partial charge in [0.1, 0.15) is 19.7 Å². The zero-order valence-electron chi connectivity index (χ0n) is 11.5. The van der Waals surface area contributed by atoms with E-state index in [0.29, 0.717) is 12.8 Å². The van der Waals surface area contributed by atoms with Crippen LogP contribution in [0.5, 0.6) is 0 Å². The molecule has 110 valence electrons. The third kappa shape index (κ3) is 9.85. The Morgan fingerprint density at radius 3 is 2.17 bits per heavy atom. The first-order valence-corrected chi connectivity index (χ1v) is 10.2. The Morgan fingerprint density at radius 1 is 1.11 bits per heavy atom. The highest BCUT2D eigenvalue weighted by molar-refractivity contribution is 7.91. The van der Waals surface area contributed by atoms with E-state index in [0.717, 1.165) is 13.0 Å². The number of nitrogens with one attached hydrogen (secondary N) is 1. The van der Waals surface area contributed by atoms with Gasteiger partial charge in [0.15, 0.2) is 0 Å². The van der Waals surface area contributed by atoms with Crippen molar-refractivity contribution >= 4 is 19.7 Å². The first-order valence-electron chi connectivity index (χ1n) is 6.31. The molecule has 1 unspecified atom stereocenters. The van der Waals surface area contributed by atoms with Crippen molar-refractivity contribution in [3.63, 3.8) is 0 Å². The van der Waals surface area contributed by atoms with Gasteiger partial charge in [-0.25, -0.2) is 16.8 Å². The van der Waals surface area contributed by atoms with Gasteiger partial charge in [-0.1, -0.05) is 13.8 Å². The minimum Gasteiger partial charge on any atom is -0.313 e. The van der Waals surface area contributed by atoms with Crippen LogP contribution in [0.4, 0.5) is 0 Å². The molecule has 1 atom stereocenters. The molecule has 0 fully saturated rings. The molecule has 7 heteroatoms. The molecule has 0 heterocycles. The van der Waals surface area contributed by atoms with Gasteiger partial charge in [0.05, 0.1) is 11.5 Å². The third-order valence-corrected chi connectivity index (χ3v) is 5.43. The van der Waals surface area contributed by atoms with Crippen molar-refractivity contribution in [2.75, 3.05) is 30.1 Å². The van der Waals surface area contributed by atoms with Crippen LogP contribution in [0.25, 0.3) is 0 Å². The van der Waals surface area contributed by atoms with Crippen LogP contribution in [0.1, 0.15) is 33.1 Å². The van der Waals surface area contributed by atoms with E-state index >= 15 is 0 Å². The van der Waals surface area contributed by atoms with Crippen molar-refractivity contribution in [2.24, 2.45) is 0 Å². The molecule has 0 aromatic carbocycles. The SMILES string of the molecule is CCCNC(CCCS(=O)(=O)CC)CS(C)(=O)=O. The lowest BCUT2D eigenvalue weighted by Crippen LogP contribution is -2.36. The maximum absolute atomic E-state index is 11.3. The van der Waals surface area contributed by atoms with E-state index in [-0.39, 0.29) is 23.3 Å². The Hall–Kier alpha value is -0.140. The third-order valence-electron chi connectivity index (χ3n) is 2.63. The number of hydrogen-bond acceptors (Lipinski definition) is 5. The fourth-order valence-electron chi connectivity index (χ4n) is 1.65. The van der Waals surface area contributed by atoms with Crippen LogP contribution in [-0.2, 0) is 19.7 Å². The van der Waals surface area contributed by atoms with E-state index in [4.69, 9.17) is 0 Å². The lowest BCUT2D eigenvalue weighted by molar-refractivity contribution is 0.499. The van der Waals surface area contributed by atoms with E-state index in [2.05, 4.69) is 5.32 Å². The predicted molar refractivity (Wildman–Crippen MR) is 75.4 cm³/mol. The first kappa shape index (κ1) is 17.9. The topological polar surface area (TPSA) is 80.3 Å². The fourth-order valence-corrected chi connectivity index (χ4v) is 3.56. The van der Waals surface area contributed by atoms with Gasteiger partial charge in [-0.15, -0.1) is 0 Å². The van der Waals surface area contributed by atoms with Crippen LogP contribution in [0.3, 0.4) is 0 Å². The molecule has 0 aliphatic rings. The average Bonchev–Trinajstić information content (AvgIpc) is 2.23. The van der Waals surface area contributed by atoms with Crippen molar-refractivity contribution in [1.82, 2.24) is 5.32 Å². The maximum atomic E-state index is 11.3. The summed E-state index contributed by atoms with van der Waals surface area (Å²) in [6.45, 7) is 4.38. The van der Waals surface area contributed by atoms with E-state index in [1.54, 1.807) is 6.92 Å². The van der Waals surface area contributed by atoms with Crippen molar-refractivity contribution in [2.45, 2.75) is 39.2 Å². The van der Waals surface area contributed by atoms with Crippen LogP contribution in [0.2, 0.25) is 0 Å². The van der Waals surface area contributed by atoms with Gasteiger partial charge in [0.25, 0.3) is 0 Å². The molecular weight excluding hydrogens is 274 g/mol. The van der Waals surface area contributed by atoms with Crippen LogP contribution in [-0.4, -0.2) is 52.9 Å². The zero-order valence-corrected chi connectivity index (χ0v) is 13.1. The highest BCUT2D eigenvalue weighted by Gasteiger charge is 2.16. The molecule has 0 radical (unpaired) electrons. The lowest BCUT2D eigenvalue weighted by atomic mass is 10.2. The first-order chi connectivity index (χ1) is 8.20. The summed E-state index contributed by atoms with van der Waals surface area (Å²) in [5.74, 6) is 0.350. The largest absolute Gasteiger partial charge is 0.313 e. The van der Waals surface area contributed by atoms with Gasteiger partial charge in [-0.05, 0) is 25.8 Å². The molecule has 0 bridgehead atoms. The summed E-state index contributed by atoms with van der Waals surface area (Å²) < 4.78 is 45.2. The van der Waals surface area contributed by atoms with E-state index < -0.39 is 19.7 Å². The van der Waals surface area contributed by atoms with Crippen molar-refractivity contribution in [3.8, 4) is 0 Å². The summed E-state index contributed by atoms with van der Waals surface area (Å²) in [7, 11) is -5.99. The smallest absolute Gasteiger partial charge is 0.150 e. The Morgan fingerprint density at radius 2 is 1.72 bits per heavy atom. The Bertz CT molecular complexity index is 414. The molecule has 0 aromatic rings. The monoisotopic (exact) mass is 299 g/mol. The Kier molecular flexibility index (Phi) is 8.05. The highest BCUT2D eigenvalue weighted by Crippen LogP contribution is 2.04. The summed E-state index contributed by atoms with van der Waals surface area (Å²) in [6, 6.07) is -0.146. The Labute approximate surface area is 111 Å². The summed E-state index contributed by atoms with van der Waals surface area (Å²) in [6.07, 6.45) is 3.21. The van der Waals surface area contributed by atoms with Crippen molar-refractivity contribution in [1.29, 1.82) is 0 Å². The second kappa shape index (κ2) is 8.12. The van der Waals surface area contributed by atoms with Gasteiger partial charge in [-0.2, -0.15) is 0 Å². The van der Waals surface area contributed by atoms with E-state index in [1.807, 2.05) is 6.92 Å². The van der Waals surface area contributed by atoms with E-state index in [1.165, 1.54) is 6.26 Å². The molecule has 0 aliphatic heterocycles. The number of rotatable bonds is 10. The molecule has 0 rings (SSSR count).